The van der Waals surface area contributed by atoms with Crippen molar-refractivity contribution in [2.24, 2.45) is 5.92 Å². The van der Waals surface area contributed by atoms with Gasteiger partial charge < -0.3 is 4.74 Å². The number of nitrogens with zero attached hydrogens (tertiary/aromatic N) is 2. The summed E-state index contributed by atoms with van der Waals surface area (Å²) in [5.74, 6) is 0.766. The van der Waals surface area contributed by atoms with E-state index >= 15 is 0 Å². The largest absolute Gasteiger partial charge is 0.466 e. The molecule has 1 aliphatic carbocycles. The number of pyridine rings is 1. The lowest BCUT2D eigenvalue weighted by atomic mass is 9.78. The summed E-state index contributed by atoms with van der Waals surface area (Å²) in [6.07, 6.45) is 9.11. The second-order valence-electron chi connectivity index (χ2n) is 8.81. The third-order valence-electron chi connectivity index (χ3n) is 6.74. The number of aromatic nitrogens is 1. The van der Waals surface area contributed by atoms with Gasteiger partial charge in [0.1, 0.15) is 0 Å². The van der Waals surface area contributed by atoms with E-state index in [1.54, 1.807) is 11.3 Å². The molecule has 5 heteroatoms. The van der Waals surface area contributed by atoms with Crippen LogP contribution in [0, 0.1) is 17.2 Å². The fourth-order valence-corrected chi connectivity index (χ4v) is 6.13. The van der Waals surface area contributed by atoms with Crippen molar-refractivity contribution in [3.8, 4) is 17.2 Å². The van der Waals surface area contributed by atoms with Gasteiger partial charge in [0.25, 0.3) is 0 Å². The average Bonchev–Trinajstić information content (AvgIpc) is 3.24. The van der Waals surface area contributed by atoms with Crippen LogP contribution in [0.25, 0.3) is 32.0 Å². The number of ether oxygens (including phenoxy) is 1. The highest BCUT2D eigenvalue weighted by atomic mass is 32.1. The molecule has 1 atom stereocenters. The maximum Gasteiger partial charge on any atom is 0.306 e. The number of hydrogen-bond donors (Lipinski definition) is 0. The predicted molar refractivity (Wildman–Crippen MR) is 133 cm³/mol. The van der Waals surface area contributed by atoms with Crippen molar-refractivity contribution in [3.63, 3.8) is 0 Å². The quantitative estimate of drug-likeness (QED) is 0.277. The van der Waals surface area contributed by atoms with Crippen molar-refractivity contribution >= 4 is 38.2 Å². The fraction of sp³-hybridized carbons (Fsp3) is 0.321. The standard InChI is InChI=1S/C28H26N2O2S/c1-2-32-27(31)14-20(12-18-6-5-7-18)26-13-21-16-30-17-25(28(21)33-26)24-11-10-19(15-29)22-8-3-4-9-23(22)24/h3-4,8-11,13,16-18,20H,2,5-7,12,14H2,1H3/t20-/m1/s1. The minimum atomic E-state index is -0.115. The van der Waals surface area contributed by atoms with E-state index in [4.69, 9.17) is 4.74 Å². The van der Waals surface area contributed by atoms with Gasteiger partial charge in [-0.1, -0.05) is 49.6 Å². The minimum Gasteiger partial charge on any atom is -0.466 e. The van der Waals surface area contributed by atoms with E-state index in [1.807, 2.05) is 49.6 Å². The molecule has 4 aromatic rings. The summed E-state index contributed by atoms with van der Waals surface area (Å²) in [5, 5.41) is 12.7. The maximum atomic E-state index is 12.4. The second-order valence-corrected chi connectivity index (χ2v) is 9.89. The van der Waals surface area contributed by atoms with E-state index in [2.05, 4.69) is 23.2 Å². The molecular formula is C28H26N2O2S. The Labute approximate surface area is 197 Å². The molecule has 33 heavy (non-hydrogen) atoms. The highest BCUT2D eigenvalue weighted by molar-refractivity contribution is 7.19. The number of benzene rings is 2. The van der Waals surface area contributed by atoms with Crippen LogP contribution in [0.15, 0.2) is 54.9 Å². The summed E-state index contributed by atoms with van der Waals surface area (Å²) in [6.45, 7) is 2.28. The number of carbonyl (C=O) groups is 1. The van der Waals surface area contributed by atoms with Crippen LogP contribution in [0.5, 0.6) is 0 Å². The van der Waals surface area contributed by atoms with Gasteiger partial charge in [-0.25, -0.2) is 0 Å². The lowest BCUT2D eigenvalue weighted by molar-refractivity contribution is -0.143. The normalized spacial score (nSPS) is 14.7. The summed E-state index contributed by atoms with van der Waals surface area (Å²) < 4.78 is 6.47. The smallest absolute Gasteiger partial charge is 0.306 e. The molecule has 1 saturated carbocycles. The van der Waals surface area contributed by atoms with Crippen LogP contribution in [0.1, 0.15) is 55.4 Å². The van der Waals surface area contributed by atoms with Crippen molar-refractivity contribution in [3.05, 3.63) is 65.3 Å². The molecule has 166 valence electrons. The first kappa shape index (κ1) is 21.6. The van der Waals surface area contributed by atoms with Gasteiger partial charge >= 0.3 is 5.97 Å². The van der Waals surface area contributed by atoms with E-state index in [1.165, 1.54) is 28.8 Å². The Kier molecular flexibility index (Phi) is 6.11. The molecule has 0 bridgehead atoms. The van der Waals surface area contributed by atoms with Crippen LogP contribution in [-0.2, 0) is 9.53 Å². The Bertz CT molecular complexity index is 1360. The van der Waals surface area contributed by atoms with Gasteiger partial charge in [0.05, 0.1) is 24.7 Å². The first-order valence-electron chi connectivity index (χ1n) is 11.6. The molecule has 0 aliphatic heterocycles. The van der Waals surface area contributed by atoms with E-state index in [0.29, 0.717) is 24.5 Å². The average molecular weight is 455 g/mol. The van der Waals surface area contributed by atoms with Crippen LogP contribution >= 0.6 is 11.3 Å². The summed E-state index contributed by atoms with van der Waals surface area (Å²) in [4.78, 5) is 18.1. The molecule has 1 aliphatic rings. The minimum absolute atomic E-state index is 0.115. The molecular weight excluding hydrogens is 428 g/mol. The van der Waals surface area contributed by atoms with Crippen molar-refractivity contribution in [2.45, 2.75) is 44.9 Å². The first-order valence-corrected chi connectivity index (χ1v) is 12.4. The molecule has 0 unspecified atom stereocenters. The molecule has 1 fully saturated rings. The molecule has 0 radical (unpaired) electrons. The van der Waals surface area contributed by atoms with Crippen LogP contribution < -0.4 is 0 Å². The molecule has 5 rings (SSSR count). The van der Waals surface area contributed by atoms with Crippen LogP contribution in [0.2, 0.25) is 0 Å². The Balaban J connectivity index is 1.59. The van der Waals surface area contributed by atoms with E-state index in [0.717, 1.165) is 33.7 Å². The summed E-state index contributed by atoms with van der Waals surface area (Å²) in [5.41, 5.74) is 2.83. The molecule has 0 spiro atoms. The maximum absolute atomic E-state index is 12.4. The predicted octanol–water partition coefficient (Wildman–Crippen LogP) is 7.22. The Morgan fingerprint density at radius 3 is 2.73 bits per heavy atom. The number of thiophene rings is 1. The van der Waals surface area contributed by atoms with Crippen LogP contribution in [0.3, 0.4) is 0 Å². The van der Waals surface area contributed by atoms with Gasteiger partial charge in [-0.15, -0.1) is 11.3 Å². The highest BCUT2D eigenvalue weighted by Crippen LogP contribution is 2.44. The number of carbonyl (C=O) groups excluding carboxylic acids is 1. The zero-order valence-corrected chi connectivity index (χ0v) is 19.5. The molecule has 2 aromatic heterocycles. The Morgan fingerprint density at radius 1 is 1.18 bits per heavy atom. The summed E-state index contributed by atoms with van der Waals surface area (Å²) >= 11 is 1.77. The monoisotopic (exact) mass is 454 g/mol. The number of fused-ring (bicyclic) bond motifs is 2. The van der Waals surface area contributed by atoms with Gasteiger partial charge in [0.2, 0.25) is 0 Å². The second kappa shape index (κ2) is 9.33. The Morgan fingerprint density at radius 2 is 2.00 bits per heavy atom. The molecule has 0 saturated heterocycles. The third kappa shape index (κ3) is 4.24. The van der Waals surface area contributed by atoms with Gasteiger partial charge in [-0.2, -0.15) is 5.26 Å². The molecule has 4 nitrogen and oxygen atoms in total. The number of hydrogen-bond acceptors (Lipinski definition) is 5. The number of rotatable bonds is 7. The van der Waals surface area contributed by atoms with Crippen molar-refractivity contribution in [1.29, 1.82) is 5.26 Å². The lowest BCUT2D eigenvalue weighted by Gasteiger charge is -2.29. The van der Waals surface area contributed by atoms with E-state index in [-0.39, 0.29) is 11.9 Å². The first-order chi connectivity index (χ1) is 16.2. The summed E-state index contributed by atoms with van der Waals surface area (Å²) in [7, 11) is 0. The lowest BCUT2D eigenvalue weighted by Crippen LogP contribution is -2.17. The SMILES string of the molecule is CCOC(=O)C[C@@H](CC1CCC1)c1cc2cncc(-c3ccc(C#N)c4ccccc34)c2s1. The molecule has 0 N–H and O–H groups in total. The van der Waals surface area contributed by atoms with Crippen molar-refractivity contribution in [1.82, 2.24) is 4.98 Å². The zero-order chi connectivity index (χ0) is 22.8. The van der Waals surface area contributed by atoms with Crippen molar-refractivity contribution in [2.75, 3.05) is 6.61 Å². The molecule has 2 heterocycles. The fourth-order valence-electron chi connectivity index (χ4n) is 4.86. The number of esters is 1. The zero-order valence-electron chi connectivity index (χ0n) is 18.7. The topological polar surface area (TPSA) is 63.0 Å². The van der Waals surface area contributed by atoms with Crippen molar-refractivity contribution < 1.29 is 9.53 Å². The van der Waals surface area contributed by atoms with Gasteiger partial charge in [0.15, 0.2) is 0 Å². The van der Waals surface area contributed by atoms with Crippen LogP contribution in [0.4, 0.5) is 0 Å². The molecule has 0 amide bonds. The highest BCUT2D eigenvalue weighted by Gasteiger charge is 2.27. The number of nitriles is 1. The molecule has 2 aromatic carbocycles. The van der Waals surface area contributed by atoms with Gasteiger partial charge in [-0.05, 0) is 42.3 Å². The van der Waals surface area contributed by atoms with Crippen LogP contribution in [-0.4, -0.2) is 17.6 Å². The Hall–Kier alpha value is -3.23. The van der Waals surface area contributed by atoms with E-state index < -0.39 is 0 Å². The van der Waals surface area contributed by atoms with E-state index in [9.17, 15) is 10.1 Å². The van der Waals surface area contributed by atoms with Gasteiger partial charge in [0, 0.05) is 44.2 Å². The third-order valence-corrected chi connectivity index (χ3v) is 8.09. The van der Waals surface area contributed by atoms with Gasteiger partial charge in [-0.3, -0.25) is 9.78 Å². The summed E-state index contributed by atoms with van der Waals surface area (Å²) in [6, 6.07) is 16.5.